The molecule has 0 unspecified atom stereocenters. The lowest BCUT2D eigenvalue weighted by Gasteiger charge is -2.26. The van der Waals surface area contributed by atoms with Crippen LogP contribution in [0, 0.1) is 5.92 Å². The summed E-state index contributed by atoms with van der Waals surface area (Å²) in [5, 5.41) is 10.00. The number of aliphatic hydroxyl groups is 1. The molecule has 116 valence electrons. The van der Waals surface area contributed by atoms with Crippen LogP contribution >= 0.6 is 0 Å². The molecule has 0 fully saturated rings. The van der Waals surface area contributed by atoms with E-state index in [4.69, 9.17) is 9.47 Å². The van der Waals surface area contributed by atoms with Gasteiger partial charge in [0.1, 0.15) is 6.79 Å². The van der Waals surface area contributed by atoms with Crippen molar-refractivity contribution in [1.82, 2.24) is 0 Å². The average Bonchev–Trinajstić information content (AvgIpc) is 2.45. The van der Waals surface area contributed by atoms with Crippen molar-refractivity contribution in [1.29, 1.82) is 0 Å². The number of ether oxygens (including phenoxy) is 2. The monoisotopic (exact) mass is 282 g/mol. The van der Waals surface area contributed by atoms with E-state index in [1.165, 1.54) is 5.57 Å². The minimum atomic E-state index is -0.462. The molecule has 0 amide bonds. The lowest BCUT2D eigenvalue weighted by Crippen LogP contribution is -2.25. The third kappa shape index (κ3) is 6.51. The summed E-state index contributed by atoms with van der Waals surface area (Å²) in [6.07, 6.45) is 6.95. The van der Waals surface area contributed by atoms with E-state index in [0.29, 0.717) is 6.42 Å². The van der Waals surface area contributed by atoms with E-state index >= 15 is 0 Å². The molecular weight excluding hydrogens is 252 g/mol. The SMILES string of the molecule is C=CC[C@H](O)/C(C)=C/[C@H](CC)[C@@H](OCOC)/C(C)=C/C. The third-order valence-electron chi connectivity index (χ3n) is 3.52. The zero-order valence-electron chi connectivity index (χ0n) is 13.6. The van der Waals surface area contributed by atoms with Gasteiger partial charge in [-0.2, -0.15) is 0 Å². The molecule has 0 bridgehead atoms. The van der Waals surface area contributed by atoms with E-state index in [1.54, 1.807) is 13.2 Å². The average molecular weight is 282 g/mol. The summed E-state index contributed by atoms with van der Waals surface area (Å²) in [5.74, 6) is 0.223. The summed E-state index contributed by atoms with van der Waals surface area (Å²) in [5.41, 5.74) is 2.14. The molecule has 0 aliphatic heterocycles. The summed E-state index contributed by atoms with van der Waals surface area (Å²) in [6, 6.07) is 0. The first-order chi connectivity index (χ1) is 9.51. The molecular formula is C17H30O3. The number of rotatable bonds is 10. The van der Waals surface area contributed by atoms with Crippen LogP contribution in [0.1, 0.15) is 40.5 Å². The smallest absolute Gasteiger partial charge is 0.147 e. The lowest BCUT2D eigenvalue weighted by atomic mass is 9.90. The standard InChI is InChI=1S/C17H30O3/c1-7-10-16(18)14(5)11-15(9-3)17(13(4)8-2)20-12-19-6/h7-8,11,15-18H,1,9-10,12H2,2-6H3/b13-8+,14-11+/t15-,16-,17-/m0/s1. The van der Waals surface area contributed by atoms with E-state index in [2.05, 4.69) is 32.6 Å². The van der Waals surface area contributed by atoms with Crippen molar-refractivity contribution < 1.29 is 14.6 Å². The van der Waals surface area contributed by atoms with Gasteiger partial charge in [0.05, 0.1) is 12.2 Å². The number of aliphatic hydroxyl groups excluding tert-OH is 1. The molecule has 0 aromatic carbocycles. The first kappa shape index (κ1) is 19.1. The molecule has 3 heteroatoms. The molecule has 0 saturated heterocycles. The van der Waals surface area contributed by atoms with Crippen LogP contribution in [0.2, 0.25) is 0 Å². The molecule has 0 radical (unpaired) electrons. The van der Waals surface area contributed by atoms with Crippen molar-refractivity contribution in [3.63, 3.8) is 0 Å². The van der Waals surface area contributed by atoms with Crippen LogP contribution < -0.4 is 0 Å². The van der Waals surface area contributed by atoms with Gasteiger partial charge in [0.2, 0.25) is 0 Å². The zero-order valence-corrected chi connectivity index (χ0v) is 13.6. The quantitative estimate of drug-likeness (QED) is 0.488. The largest absolute Gasteiger partial charge is 0.388 e. The fourth-order valence-corrected chi connectivity index (χ4v) is 2.11. The molecule has 0 rings (SSSR count). The predicted octanol–water partition coefficient (Wildman–Crippen LogP) is 3.85. The van der Waals surface area contributed by atoms with Crippen molar-refractivity contribution in [3.05, 3.63) is 36.0 Å². The molecule has 3 atom stereocenters. The Morgan fingerprint density at radius 3 is 2.40 bits per heavy atom. The molecule has 0 heterocycles. The van der Waals surface area contributed by atoms with Crippen LogP contribution in [-0.2, 0) is 9.47 Å². The van der Waals surface area contributed by atoms with E-state index in [0.717, 1.165) is 12.0 Å². The van der Waals surface area contributed by atoms with E-state index in [9.17, 15) is 5.11 Å². The summed E-state index contributed by atoms with van der Waals surface area (Å²) in [7, 11) is 1.62. The minimum absolute atomic E-state index is 0.0177. The van der Waals surface area contributed by atoms with Crippen LogP contribution in [0.15, 0.2) is 36.0 Å². The summed E-state index contributed by atoms with van der Waals surface area (Å²) in [4.78, 5) is 0. The maximum atomic E-state index is 10.00. The van der Waals surface area contributed by atoms with Crippen LogP contribution in [0.5, 0.6) is 0 Å². The Kier molecular flexibility index (Phi) is 10.3. The Morgan fingerprint density at radius 1 is 1.30 bits per heavy atom. The summed E-state index contributed by atoms with van der Waals surface area (Å²) in [6.45, 7) is 12.1. The van der Waals surface area contributed by atoms with Crippen LogP contribution in [0.4, 0.5) is 0 Å². The second-order valence-corrected chi connectivity index (χ2v) is 5.05. The van der Waals surface area contributed by atoms with Gasteiger partial charge >= 0.3 is 0 Å². The summed E-state index contributed by atoms with van der Waals surface area (Å²) < 4.78 is 10.8. The minimum Gasteiger partial charge on any atom is -0.388 e. The van der Waals surface area contributed by atoms with Gasteiger partial charge in [-0.05, 0) is 44.8 Å². The number of hydrogen-bond donors (Lipinski definition) is 1. The Morgan fingerprint density at radius 2 is 1.95 bits per heavy atom. The second-order valence-electron chi connectivity index (χ2n) is 5.05. The van der Waals surface area contributed by atoms with Gasteiger partial charge in [-0.3, -0.25) is 0 Å². The van der Waals surface area contributed by atoms with Gasteiger partial charge in [0.25, 0.3) is 0 Å². The van der Waals surface area contributed by atoms with Gasteiger partial charge in [0.15, 0.2) is 0 Å². The Bertz CT molecular complexity index is 331. The lowest BCUT2D eigenvalue weighted by molar-refractivity contribution is -0.0717. The fraction of sp³-hybridized carbons (Fsp3) is 0.647. The molecule has 0 aliphatic carbocycles. The normalized spacial score (nSPS) is 17.7. The first-order valence-electron chi connectivity index (χ1n) is 7.22. The van der Waals surface area contributed by atoms with Crippen LogP contribution in [-0.4, -0.2) is 31.2 Å². The summed E-state index contributed by atoms with van der Waals surface area (Å²) >= 11 is 0. The molecule has 0 saturated carbocycles. The van der Waals surface area contributed by atoms with Crippen LogP contribution in [0.25, 0.3) is 0 Å². The Balaban J connectivity index is 5.06. The number of methoxy groups -OCH3 is 1. The highest BCUT2D eigenvalue weighted by Gasteiger charge is 2.21. The van der Waals surface area contributed by atoms with Crippen molar-refractivity contribution in [2.45, 2.75) is 52.7 Å². The molecule has 0 aromatic heterocycles. The molecule has 0 spiro atoms. The second kappa shape index (κ2) is 10.8. The maximum Gasteiger partial charge on any atom is 0.147 e. The number of allylic oxidation sites excluding steroid dienone is 1. The van der Waals surface area contributed by atoms with E-state index < -0.39 is 6.10 Å². The van der Waals surface area contributed by atoms with Crippen LogP contribution in [0.3, 0.4) is 0 Å². The molecule has 1 N–H and O–H groups in total. The van der Waals surface area contributed by atoms with Gasteiger partial charge in [-0.1, -0.05) is 25.2 Å². The first-order valence-corrected chi connectivity index (χ1v) is 7.22. The van der Waals surface area contributed by atoms with Crippen molar-refractivity contribution in [3.8, 4) is 0 Å². The fourth-order valence-electron chi connectivity index (χ4n) is 2.11. The highest BCUT2D eigenvalue weighted by molar-refractivity contribution is 5.15. The molecule has 3 nitrogen and oxygen atoms in total. The Labute approximate surface area is 124 Å². The van der Waals surface area contributed by atoms with Gasteiger partial charge in [0, 0.05) is 13.0 Å². The highest BCUT2D eigenvalue weighted by Crippen LogP contribution is 2.23. The zero-order chi connectivity index (χ0) is 15.5. The van der Waals surface area contributed by atoms with Crippen molar-refractivity contribution >= 4 is 0 Å². The predicted molar refractivity (Wildman–Crippen MR) is 84.5 cm³/mol. The highest BCUT2D eigenvalue weighted by atomic mass is 16.7. The van der Waals surface area contributed by atoms with Crippen molar-refractivity contribution in [2.75, 3.05) is 13.9 Å². The maximum absolute atomic E-state index is 10.00. The molecule has 0 aliphatic rings. The van der Waals surface area contributed by atoms with Gasteiger partial charge < -0.3 is 14.6 Å². The molecule has 20 heavy (non-hydrogen) atoms. The van der Waals surface area contributed by atoms with E-state index in [-0.39, 0.29) is 18.8 Å². The van der Waals surface area contributed by atoms with E-state index in [1.807, 2.05) is 13.8 Å². The topological polar surface area (TPSA) is 38.7 Å². The van der Waals surface area contributed by atoms with Gasteiger partial charge in [-0.15, -0.1) is 6.58 Å². The Hall–Kier alpha value is -0.900. The third-order valence-corrected chi connectivity index (χ3v) is 3.52. The number of hydrogen-bond acceptors (Lipinski definition) is 3. The molecule has 0 aromatic rings. The van der Waals surface area contributed by atoms with Gasteiger partial charge in [-0.25, -0.2) is 0 Å². The van der Waals surface area contributed by atoms with Crippen molar-refractivity contribution in [2.24, 2.45) is 5.92 Å².